The maximum atomic E-state index is 12.8. The number of nitrogens with one attached hydrogen (secondary N) is 1. The molecule has 6 nitrogen and oxygen atoms in total. The average Bonchev–Trinajstić information content (AvgIpc) is 3.08. The first-order valence-electron chi connectivity index (χ1n) is 10.6. The van der Waals surface area contributed by atoms with Crippen LogP contribution in [0.25, 0.3) is 0 Å². The largest absolute Gasteiger partial charge is 0.501 e. The van der Waals surface area contributed by atoms with E-state index in [4.69, 9.17) is 0 Å². The average molecular weight is 491 g/mol. The van der Waals surface area contributed by atoms with Gasteiger partial charge >= 0.3 is 5.51 Å². The van der Waals surface area contributed by atoms with Crippen molar-refractivity contribution >= 4 is 27.0 Å². The predicted molar refractivity (Wildman–Crippen MR) is 125 cm³/mol. The Morgan fingerprint density at radius 1 is 1.03 bits per heavy atom. The van der Waals surface area contributed by atoms with E-state index in [1.165, 1.54) is 12.1 Å². The van der Waals surface area contributed by atoms with E-state index in [0.717, 1.165) is 29.2 Å². The normalized spacial score (nSPS) is 16.6. The zero-order valence-electron chi connectivity index (χ0n) is 18.7. The van der Waals surface area contributed by atoms with Gasteiger partial charge in [-0.3, -0.25) is 4.90 Å². The molecule has 1 aliphatic heterocycles. The molecule has 1 aromatic heterocycles. The highest BCUT2D eigenvalue weighted by atomic mass is 32.2. The van der Waals surface area contributed by atoms with Gasteiger partial charge in [0.15, 0.2) is 0 Å². The molecule has 1 fully saturated rings. The van der Waals surface area contributed by atoms with Crippen molar-refractivity contribution in [2.75, 3.05) is 23.4 Å². The molecule has 0 amide bonds. The van der Waals surface area contributed by atoms with E-state index in [0.29, 0.717) is 25.4 Å². The van der Waals surface area contributed by atoms with Crippen LogP contribution in [-0.2, 0) is 16.4 Å². The monoisotopic (exact) mass is 490 g/mol. The van der Waals surface area contributed by atoms with Gasteiger partial charge in [-0.2, -0.15) is 13.2 Å². The number of anilines is 3. The standard InChI is InChI=1S/C24H25F3N4O2S/c1-23(2)16-30(20-8-10-21(11-9-20)34(32,33)24(25,26)27)17-31(23)15-18-12-13-28-22(14-18)29-19-6-4-3-5-7-19/h3-14H,15-17H2,1-2H3,(H,28,29). The minimum atomic E-state index is -5.36. The van der Waals surface area contributed by atoms with Gasteiger partial charge in [-0.05, 0) is 67.9 Å². The summed E-state index contributed by atoms with van der Waals surface area (Å²) in [5, 5.41) is 3.28. The van der Waals surface area contributed by atoms with Crippen molar-refractivity contribution in [2.24, 2.45) is 0 Å². The Morgan fingerprint density at radius 2 is 1.71 bits per heavy atom. The highest BCUT2D eigenvalue weighted by Gasteiger charge is 2.47. The Kier molecular flexibility index (Phi) is 6.30. The Balaban J connectivity index is 1.47. The molecule has 2 heterocycles. The van der Waals surface area contributed by atoms with Gasteiger partial charge in [0, 0.05) is 36.2 Å². The zero-order valence-corrected chi connectivity index (χ0v) is 19.6. The molecular formula is C24H25F3N4O2S. The highest BCUT2D eigenvalue weighted by Crippen LogP contribution is 2.34. The van der Waals surface area contributed by atoms with E-state index < -0.39 is 20.2 Å². The van der Waals surface area contributed by atoms with Crippen LogP contribution in [0.5, 0.6) is 0 Å². The van der Waals surface area contributed by atoms with E-state index in [9.17, 15) is 21.6 Å². The summed E-state index contributed by atoms with van der Waals surface area (Å²) in [5.41, 5.74) is -2.86. The molecule has 0 saturated carbocycles. The Labute approximate surface area is 197 Å². The van der Waals surface area contributed by atoms with Gasteiger partial charge in [0.2, 0.25) is 0 Å². The van der Waals surface area contributed by atoms with Crippen LogP contribution in [0.1, 0.15) is 19.4 Å². The van der Waals surface area contributed by atoms with Crippen LogP contribution >= 0.6 is 0 Å². The van der Waals surface area contributed by atoms with Crippen molar-refractivity contribution in [3.05, 3.63) is 78.5 Å². The third kappa shape index (κ3) is 5.02. The smallest absolute Gasteiger partial charge is 0.357 e. The van der Waals surface area contributed by atoms with Gasteiger partial charge in [0.25, 0.3) is 9.84 Å². The van der Waals surface area contributed by atoms with Crippen molar-refractivity contribution in [1.82, 2.24) is 9.88 Å². The second-order valence-electron chi connectivity index (χ2n) is 8.83. The first kappa shape index (κ1) is 24.0. The Morgan fingerprint density at radius 3 is 2.35 bits per heavy atom. The summed E-state index contributed by atoms with van der Waals surface area (Å²) in [5.74, 6) is 0.735. The number of nitrogens with zero attached hydrogens (tertiary/aromatic N) is 3. The number of rotatable bonds is 6. The zero-order chi connectivity index (χ0) is 24.6. The fourth-order valence-electron chi connectivity index (χ4n) is 3.95. The van der Waals surface area contributed by atoms with Crippen LogP contribution in [0.3, 0.4) is 0 Å². The first-order valence-corrected chi connectivity index (χ1v) is 12.1. The van der Waals surface area contributed by atoms with E-state index in [-0.39, 0.29) is 5.54 Å². The number of aromatic nitrogens is 1. The summed E-state index contributed by atoms with van der Waals surface area (Å²) < 4.78 is 61.7. The molecule has 10 heteroatoms. The maximum absolute atomic E-state index is 12.8. The molecule has 4 rings (SSSR count). The number of hydrogen-bond donors (Lipinski definition) is 1. The lowest BCUT2D eigenvalue weighted by atomic mass is 10.0. The van der Waals surface area contributed by atoms with Gasteiger partial charge in [-0.15, -0.1) is 0 Å². The van der Waals surface area contributed by atoms with Crippen LogP contribution in [0.15, 0.2) is 77.8 Å². The van der Waals surface area contributed by atoms with Crippen LogP contribution < -0.4 is 10.2 Å². The molecule has 3 aromatic rings. The second kappa shape index (κ2) is 8.92. The van der Waals surface area contributed by atoms with E-state index in [1.54, 1.807) is 6.20 Å². The predicted octanol–water partition coefficient (Wildman–Crippen LogP) is 5.18. The summed E-state index contributed by atoms with van der Waals surface area (Å²) in [6, 6.07) is 18.6. The number of benzene rings is 2. The third-order valence-electron chi connectivity index (χ3n) is 5.84. The molecule has 180 valence electrons. The summed E-state index contributed by atoms with van der Waals surface area (Å²) >= 11 is 0. The molecule has 1 aliphatic rings. The van der Waals surface area contributed by atoms with Crippen molar-refractivity contribution < 1.29 is 21.6 Å². The second-order valence-corrected chi connectivity index (χ2v) is 10.8. The summed E-state index contributed by atoms with van der Waals surface area (Å²) in [6.07, 6.45) is 1.75. The molecule has 1 N–H and O–H groups in total. The molecule has 0 spiro atoms. The van der Waals surface area contributed by atoms with Crippen molar-refractivity contribution in [2.45, 2.75) is 36.3 Å². The summed E-state index contributed by atoms with van der Waals surface area (Å²) in [7, 11) is -5.36. The van der Waals surface area contributed by atoms with E-state index in [2.05, 4.69) is 29.0 Å². The van der Waals surface area contributed by atoms with Crippen molar-refractivity contribution in [3.63, 3.8) is 0 Å². The molecule has 0 bridgehead atoms. The molecule has 0 radical (unpaired) electrons. The van der Waals surface area contributed by atoms with Crippen molar-refractivity contribution in [3.8, 4) is 0 Å². The van der Waals surface area contributed by atoms with Gasteiger partial charge in [0.1, 0.15) is 5.82 Å². The number of hydrogen-bond acceptors (Lipinski definition) is 6. The number of alkyl halides is 3. The number of halogens is 3. The number of para-hydroxylation sites is 1. The quantitative estimate of drug-likeness (QED) is 0.514. The number of pyridine rings is 1. The lowest BCUT2D eigenvalue weighted by molar-refractivity contribution is -0.0436. The highest BCUT2D eigenvalue weighted by molar-refractivity contribution is 7.92. The lowest BCUT2D eigenvalue weighted by Crippen LogP contribution is -2.39. The fraction of sp³-hybridized carbons (Fsp3) is 0.292. The molecule has 0 aliphatic carbocycles. The first-order chi connectivity index (χ1) is 16.0. The van der Waals surface area contributed by atoms with E-state index >= 15 is 0 Å². The Hall–Kier alpha value is -3.11. The van der Waals surface area contributed by atoms with Crippen LogP contribution in [0.2, 0.25) is 0 Å². The molecule has 34 heavy (non-hydrogen) atoms. The maximum Gasteiger partial charge on any atom is 0.501 e. The van der Waals surface area contributed by atoms with Gasteiger partial charge in [-0.25, -0.2) is 13.4 Å². The molecule has 0 atom stereocenters. The molecule has 1 saturated heterocycles. The minimum absolute atomic E-state index is 0.215. The summed E-state index contributed by atoms with van der Waals surface area (Å²) in [4.78, 5) is 7.91. The fourth-order valence-corrected chi connectivity index (χ4v) is 4.71. The SMILES string of the molecule is CC1(C)CN(c2ccc(S(=O)(=O)C(F)(F)F)cc2)CN1Cc1ccnc(Nc2ccccc2)c1. The van der Waals surface area contributed by atoms with Gasteiger partial charge < -0.3 is 10.2 Å². The topological polar surface area (TPSA) is 65.5 Å². The lowest BCUT2D eigenvalue weighted by Gasteiger charge is -2.29. The van der Waals surface area contributed by atoms with Gasteiger partial charge in [0.05, 0.1) is 11.6 Å². The van der Waals surface area contributed by atoms with E-state index in [1.807, 2.05) is 47.4 Å². The third-order valence-corrected chi connectivity index (χ3v) is 7.34. The molecular weight excluding hydrogens is 465 g/mol. The van der Waals surface area contributed by atoms with Crippen LogP contribution in [-0.4, -0.2) is 42.6 Å². The Bertz CT molecular complexity index is 1250. The minimum Gasteiger partial charge on any atom is -0.357 e. The summed E-state index contributed by atoms with van der Waals surface area (Å²) in [6.45, 7) is 6.02. The molecule has 0 unspecified atom stereocenters. The van der Waals surface area contributed by atoms with Crippen molar-refractivity contribution in [1.29, 1.82) is 0 Å². The van der Waals surface area contributed by atoms with Crippen LogP contribution in [0, 0.1) is 0 Å². The van der Waals surface area contributed by atoms with Gasteiger partial charge in [-0.1, -0.05) is 18.2 Å². The number of sulfone groups is 1. The molecule has 2 aromatic carbocycles. The van der Waals surface area contributed by atoms with Crippen LogP contribution in [0.4, 0.5) is 30.4 Å².